The molecule has 1 aromatic carbocycles. The fourth-order valence-electron chi connectivity index (χ4n) is 1.89. The summed E-state index contributed by atoms with van der Waals surface area (Å²) in [5.41, 5.74) is 0.832. The molecule has 8 heteroatoms. The first kappa shape index (κ1) is 16.7. The van der Waals surface area contributed by atoms with Gasteiger partial charge in [0.2, 0.25) is 15.9 Å². The van der Waals surface area contributed by atoms with Gasteiger partial charge in [-0.25, -0.2) is 8.42 Å². The summed E-state index contributed by atoms with van der Waals surface area (Å²) in [7, 11) is -3.58. The highest BCUT2D eigenvalue weighted by Gasteiger charge is 2.21. The predicted molar refractivity (Wildman–Crippen MR) is 83.7 cm³/mol. The Hall–Kier alpha value is -2.63. The summed E-state index contributed by atoms with van der Waals surface area (Å²) in [6.07, 6.45) is 2.46. The molecule has 1 amide bonds. The minimum absolute atomic E-state index is 0.0303. The smallest absolute Gasteiger partial charge is 0.239 e. The SMILES string of the molecule is CS(=O)(=O)N(CC(=O)Nc1cccc(C#N)c1)Cc1ccco1. The molecule has 120 valence electrons. The molecule has 0 bridgehead atoms. The molecule has 0 saturated heterocycles. The fraction of sp³-hybridized carbons (Fsp3) is 0.200. The minimum atomic E-state index is -3.58. The van der Waals surface area contributed by atoms with Crippen molar-refractivity contribution in [2.45, 2.75) is 6.54 Å². The summed E-state index contributed by atoms with van der Waals surface area (Å²) < 4.78 is 29.7. The topological polar surface area (TPSA) is 103 Å². The summed E-state index contributed by atoms with van der Waals surface area (Å²) in [4.78, 5) is 12.1. The van der Waals surface area contributed by atoms with E-state index < -0.39 is 15.9 Å². The van der Waals surface area contributed by atoms with Gasteiger partial charge in [-0.1, -0.05) is 6.07 Å². The van der Waals surface area contributed by atoms with E-state index in [-0.39, 0.29) is 13.1 Å². The summed E-state index contributed by atoms with van der Waals surface area (Å²) in [6, 6.07) is 11.6. The van der Waals surface area contributed by atoms with E-state index in [0.717, 1.165) is 10.6 Å². The Morgan fingerprint density at radius 2 is 2.13 bits per heavy atom. The highest BCUT2D eigenvalue weighted by molar-refractivity contribution is 7.88. The molecule has 23 heavy (non-hydrogen) atoms. The number of hydrogen-bond donors (Lipinski definition) is 1. The number of benzene rings is 1. The minimum Gasteiger partial charge on any atom is -0.468 e. The van der Waals surface area contributed by atoms with E-state index in [1.807, 2.05) is 6.07 Å². The zero-order valence-corrected chi connectivity index (χ0v) is 13.2. The molecule has 2 rings (SSSR count). The first-order chi connectivity index (χ1) is 10.9. The van der Waals surface area contributed by atoms with Crippen LogP contribution in [0, 0.1) is 11.3 Å². The molecule has 0 aliphatic rings. The van der Waals surface area contributed by atoms with Crippen LogP contribution in [0.2, 0.25) is 0 Å². The first-order valence-electron chi connectivity index (χ1n) is 6.66. The highest BCUT2D eigenvalue weighted by Crippen LogP contribution is 2.12. The van der Waals surface area contributed by atoms with Gasteiger partial charge < -0.3 is 9.73 Å². The van der Waals surface area contributed by atoms with E-state index >= 15 is 0 Å². The van der Waals surface area contributed by atoms with Crippen LogP contribution in [0.1, 0.15) is 11.3 Å². The number of nitrogens with zero attached hydrogens (tertiary/aromatic N) is 2. The zero-order valence-electron chi connectivity index (χ0n) is 12.4. The van der Waals surface area contributed by atoms with Crippen LogP contribution in [0.5, 0.6) is 0 Å². The van der Waals surface area contributed by atoms with Gasteiger partial charge in [0.15, 0.2) is 0 Å². The van der Waals surface area contributed by atoms with Crippen molar-refractivity contribution in [3.05, 3.63) is 54.0 Å². The van der Waals surface area contributed by atoms with Gasteiger partial charge in [-0.2, -0.15) is 9.57 Å². The Balaban J connectivity index is 2.07. The molecule has 2 aromatic rings. The van der Waals surface area contributed by atoms with E-state index in [2.05, 4.69) is 5.32 Å². The normalized spacial score (nSPS) is 11.2. The maximum atomic E-state index is 12.1. The third kappa shape index (κ3) is 4.95. The van der Waals surface area contributed by atoms with Crippen LogP contribution in [0.25, 0.3) is 0 Å². The maximum Gasteiger partial charge on any atom is 0.239 e. The fourth-order valence-corrected chi connectivity index (χ4v) is 2.61. The van der Waals surface area contributed by atoms with Crippen molar-refractivity contribution in [1.29, 1.82) is 5.26 Å². The lowest BCUT2D eigenvalue weighted by Gasteiger charge is -2.18. The molecule has 0 saturated carbocycles. The monoisotopic (exact) mass is 333 g/mol. The van der Waals surface area contributed by atoms with Crippen LogP contribution in [-0.4, -0.2) is 31.4 Å². The average Bonchev–Trinajstić information content (AvgIpc) is 2.99. The number of furan rings is 1. The van der Waals surface area contributed by atoms with Gasteiger partial charge in [0.1, 0.15) is 5.76 Å². The van der Waals surface area contributed by atoms with Crippen LogP contribution in [0.3, 0.4) is 0 Å². The Labute approximate surface area is 134 Å². The Bertz CT molecular complexity index is 823. The van der Waals surface area contributed by atoms with E-state index in [1.54, 1.807) is 30.3 Å². The number of hydrogen-bond acceptors (Lipinski definition) is 5. The van der Waals surface area contributed by atoms with Gasteiger partial charge in [0.05, 0.1) is 37.2 Å². The second-order valence-electron chi connectivity index (χ2n) is 4.85. The summed E-state index contributed by atoms with van der Waals surface area (Å²) in [5.74, 6) is -0.0632. The number of rotatable bonds is 6. The first-order valence-corrected chi connectivity index (χ1v) is 8.51. The second kappa shape index (κ2) is 7.09. The molecule has 0 radical (unpaired) electrons. The number of nitrogens with one attached hydrogen (secondary N) is 1. The zero-order chi connectivity index (χ0) is 16.9. The predicted octanol–water partition coefficient (Wildman–Crippen LogP) is 1.55. The average molecular weight is 333 g/mol. The van der Waals surface area contributed by atoms with E-state index in [4.69, 9.17) is 9.68 Å². The van der Waals surface area contributed by atoms with Gasteiger partial charge in [-0.15, -0.1) is 0 Å². The van der Waals surface area contributed by atoms with Crippen LogP contribution in [0.4, 0.5) is 5.69 Å². The van der Waals surface area contributed by atoms with Gasteiger partial charge in [0.25, 0.3) is 0 Å². The molecule has 7 nitrogen and oxygen atoms in total. The summed E-state index contributed by atoms with van der Waals surface area (Å²) in [5, 5.41) is 11.4. The number of amides is 1. The molecule has 1 N–H and O–H groups in total. The molecule has 0 aliphatic carbocycles. The van der Waals surface area contributed by atoms with Crippen molar-refractivity contribution in [2.75, 3.05) is 18.1 Å². The molecule has 0 aliphatic heterocycles. The second-order valence-corrected chi connectivity index (χ2v) is 6.83. The van der Waals surface area contributed by atoms with Crippen LogP contribution in [-0.2, 0) is 21.4 Å². The lowest BCUT2D eigenvalue weighted by Crippen LogP contribution is -2.36. The molecule has 1 heterocycles. The Kier molecular flexibility index (Phi) is 5.16. The third-order valence-electron chi connectivity index (χ3n) is 2.98. The molecular weight excluding hydrogens is 318 g/mol. The van der Waals surface area contributed by atoms with Gasteiger partial charge in [-0.05, 0) is 30.3 Å². The number of sulfonamides is 1. The highest BCUT2D eigenvalue weighted by atomic mass is 32.2. The quantitative estimate of drug-likeness (QED) is 0.864. The molecule has 0 atom stereocenters. The standard InChI is InChI=1S/C15H15N3O4S/c1-23(20,21)18(10-14-6-3-7-22-14)11-15(19)17-13-5-2-4-12(8-13)9-16/h2-8H,10-11H2,1H3,(H,17,19). The van der Waals surface area contributed by atoms with E-state index in [0.29, 0.717) is 17.0 Å². The van der Waals surface area contributed by atoms with Crippen LogP contribution >= 0.6 is 0 Å². The van der Waals surface area contributed by atoms with Crippen molar-refractivity contribution in [3.8, 4) is 6.07 Å². The number of carbonyl (C=O) groups excluding carboxylic acids is 1. The maximum absolute atomic E-state index is 12.1. The van der Waals surface area contributed by atoms with Crippen molar-refractivity contribution in [1.82, 2.24) is 4.31 Å². The Morgan fingerprint density at radius 3 is 2.74 bits per heavy atom. The largest absolute Gasteiger partial charge is 0.468 e. The molecule has 0 spiro atoms. The van der Waals surface area contributed by atoms with Gasteiger partial charge >= 0.3 is 0 Å². The van der Waals surface area contributed by atoms with Crippen LogP contribution in [0.15, 0.2) is 47.1 Å². The van der Waals surface area contributed by atoms with Crippen molar-refractivity contribution >= 4 is 21.6 Å². The lowest BCUT2D eigenvalue weighted by atomic mass is 10.2. The van der Waals surface area contributed by atoms with E-state index in [9.17, 15) is 13.2 Å². The molecule has 1 aromatic heterocycles. The lowest BCUT2D eigenvalue weighted by molar-refractivity contribution is -0.116. The van der Waals surface area contributed by atoms with Crippen molar-refractivity contribution < 1.29 is 17.6 Å². The third-order valence-corrected chi connectivity index (χ3v) is 4.17. The molecular formula is C15H15N3O4S. The summed E-state index contributed by atoms with van der Waals surface area (Å²) in [6.45, 7) is -0.381. The van der Waals surface area contributed by atoms with E-state index in [1.165, 1.54) is 12.3 Å². The summed E-state index contributed by atoms with van der Waals surface area (Å²) >= 11 is 0. The number of carbonyl (C=O) groups is 1. The Morgan fingerprint density at radius 1 is 1.35 bits per heavy atom. The molecule has 0 unspecified atom stereocenters. The van der Waals surface area contributed by atoms with Crippen molar-refractivity contribution in [3.63, 3.8) is 0 Å². The van der Waals surface area contributed by atoms with Crippen LogP contribution < -0.4 is 5.32 Å². The van der Waals surface area contributed by atoms with Gasteiger partial charge in [0, 0.05) is 5.69 Å². The van der Waals surface area contributed by atoms with Gasteiger partial charge in [-0.3, -0.25) is 4.79 Å². The molecule has 0 fully saturated rings. The van der Waals surface area contributed by atoms with Crippen molar-refractivity contribution in [2.24, 2.45) is 0 Å². The number of nitriles is 1. The number of anilines is 1.